The molecule has 0 aromatic heterocycles. The first-order valence-corrected chi connectivity index (χ1v) is 11.0. The van der Waals surface area contributed by atoms with Crippen molar-refractivity contribution in [2.75, 3.05) is 0 Å². The molecule has 0 radical (unpaired) electrons. The van der Waals surface area contributed by atoms with E-state index in [1.807, 2.05) is 0 Å². The Labute approximate surface area is 149 Å². The molecule has 1 nitrogen and oxygen atoms in total. The summed E-state index contributed by atoms with van der Waals surface area (Å²) in [5, 5.41) is 0. The molecule has 24 heavy (non-hydrogen) atoms. The predicted molar refractivity (Wildman–Crippen MR) is 99.7 cm³/mol. The molecule has 4 rings (SSSR count). The van der Waals surface area contributed by atoms with Crippen LogP contribution in [-0.4, -0.2) is 6.29 Å². The molecule has 4 fully saturated rings. The van der Waals surface area contributed by atoms with Crippen LogP contribution in [0.15, 0.2) is 0 Å². The van der Waals surface area contributed by atoms with Gasteiger partial charge in [-0.25, -0.2) is 0 Å². The van der Waals surface area contributed by atoms with E-state index < -0.39 is 0 Å². The molecule has 7 unspecified atom stereocenters. The van der Waals surface area contributed by atoms with Crippen molar-refractivity contribution in [1.29, 1.82) is 0 Å². The quantitative estimate of drug-likeness (QED) is 0.430. The largest absolute Gasteiger partial charge is 0.303 e. The maximum Gasteiger partial charge on any atom is 0.119 e. The Kier molecular flexibility index (Phi) is 4.59. The third-order valence-corrected chi connectivity index (χ3v) is 9.65. The molecule has 0 N–H and O–H groups in total. The van der Waals surface area contributed by atoms with Gasteiger partial charge in [0.25, 0.3) is 0 Å². The molecule has 0 aromatic rings. The maximum absolute atomic E-state index is 10.7. The van der Waals surface area contributed by atoms with Crippen molar-refractivity contribution in [3.63, 3.8) is 0 Å². The van der Waals surface area contributed by atoms with Gasteiger partial charge in [0, 0.05) is 6.42 Å². The molecular weight excluding hydrogens is 292 g/mol. The third-order valence-electron chi connectivity index (χ3n) is 9.65. The molecule has 1 heteroatoms. The lowest BCUT2D eigenvalue weighted by Crippen LogP contribution is -2.52. The van der Waals surface area contributed by atoms with Gasteiger partial charge in [0.05, 0.1) is 0 Å². The second-order valence-electron chi connectivity index (χ2n) is 10.3. The van der Waals surface area contributed by atoms with Gasteiger partial charge in [-0.05, 0) is 105 Å². The van der Waals surface area contributed by atoms with Crippen molar-refractivity contribution in [3.05, 3.63) is 0 Å². The number of aldehydes is 1. The van der Waals surface area contributed by atoms with Crippen LogP contribution in [-0.2, 0) is 4.79 Å². The molecule has 4 saturated carbocycles. The van der Waals surface area contributed by atoms with Crippen LogP contribution in [0.4, 0.5) is 0 Å². The van der Waals surface area contributed by atoms with Crippen molar-refractivity contribution in [2.45, 2.75) is 97.3 Å². The normalized spacial score (nSPS) is 50.7. The zero-order valence-corrected chi connectivity index (χ0v) is 16.1. The van der Waals surface area contributed by atoms with E-state index in [9.17, 15) is 4.79 Å². The van der Waals surface area contributed by atoms with Crippen molar-refractivity contribution < 1.29 is 4.79 Å². The number of hydrogen-bond donors (Lipinski definition) is 0. The highest BCUT2D eigenvalue weighted by molar-refractivity contribution is 5.48. The van der Waals surface area contributed by atoms with Crippen molar-refractivity contribution in [1.82, 2.24) is 0 Å². The van der Waals surface area contributed by atoms with E-state index >= 15 is 0 Å². The highest BCUT2D eigenvalue weighted by Crippen LogP contribution is 2.67. The van der Waals surface area contributed by atoms with Crippen molar-refractivity contribution in [2.24, 2.45) is 40.4 Å². The molecule has 0 bridgehead atoms. The van der Waals surface area contributed by atoms with Gasteiger partial charge in [0.2, 0.25) is 0 Å². The van der Waals surface area contributed by atoms with Gasteiger partial charge < -0.3 is 4.79 Å². The van der Waals surface area contributed by atoms with Crippen LogP contribution < -0.4 is 0 Å². The zero-order valence-electron chi connectivity index (χ0n) is 16.1. The molecule has 4 aliphatic rings. The van der Waals surface area contributed by atoms with Gasteiger partial charge >= 0.3 is 0 Å². The summed E-state index contributed by atoms with van der Waals surface area (Å²) in [7, 11) is 0. The summed E-state index contributed by atoms with van der Waals surface area (Å²) in [5.74, 6) is 5.00. The summed E-state index contributed by atoms with van der Waals surface area (Å²) >= 11 is 0. The highest BCUT2D eigenvalue weighted by atomic mass is 16.1. The van der Waals surface area contributed by atoms with Crippen LogP contribution in [0.25, 0.3) is 0 Å². The molecule has 136 valence electrons. The molecule has 0 amide bonds. The summed E-state index contributed by atoms with van der Waals surface area (Å²) in [6.07, 6.45) is 19.4. The molecule has 0 spiro atoms. The second kappa shape index (κ2) is 6.44. The first-order chi connectivity index (χ1) is 11.6. The lowest BCUT2D eigenvalue weighted by Gasteiger charge is -2.60. The van der Waals surface area contributed by atoms with Crippen LogP contribution in [0.3, 0.4) is 0 Å². The Hall–Kier alpha value is -0.330. The summed E-state index contributed by atoms with van der Waals surface area (Å²) in [5.41, 5.74) is 1.28. The predicted octanol–water partition coefficient (Wildman–Crippen LogP) is 6.40. The van der Waals surface area contributed by atoms with Gasteiger partial charge in [-0.3, -0.25) is 0 Å². The summed E-state index contributed by atoms with van der Waals surface area (Å²) in [6.45, 7) is 5.33. The van der Waals surface area contributed by atoms with E-state index in [4.69, 9.17) is 0 Å². The fourth-order valence-electron chi connectivity index (χ4n) is 8.33. The number of rotatable bonds is 4. The lowest BCUT2D eigenvalue weighted by atomic mass is 9.45. The van der Waals surface area contributed by atoms with Gasteiger partial charge in [-0.1, -0.05) is 26.7 Å². The molecule has 0 aromatic carbocycles. The Bertz CT molecular complexity index is 471. The fourth-order valence-corrected chi connectivity index (χ4v) is 8.33. The van der Waals surface area contributed by atoms with Crippen LogP contribution in [0.2, 0.25) is 0 Å². The summed E-state index contributed by atoms with van der Waals surface area (Å²) < 4.78 is 0. The summed E-state index contributed by atoms with van der Waals surface area (Å²) in [4.78, 5) is 10.7. The Morgan fingerprint density at radius 1 is 0.875 bits per heavy atom. The van der Waals surface area contributed by atoms with Crippen LogP contribution >= 0.6 is 0 Å². The average Bonchev–Trinajstić information content (AvgIpc) is 2.91. The van der Waals surface area contributed by atoms with E-state index in [1.54, 1.807) is 0 Å². The molecule has 0 heterocycles. The van der Waals surface area contributed by atoms with E-state index in [2.05, 4.69) is 13.8 Å². The molecule has 0 saturated heterocycles. The number of carbonyl (C=O) groups is 1. The van der Waals surface area contributed by atoms with E-state index in [0.717, 1.165) is 48.7 Å². The fraction of sp³-hybridized carbons (Fsp3) is 0.957. The Balaban J connectivity index is 1.51. The van der Waals surface area contributed by atoms with Gasteiger partial charge in [-0.15, -0.1) is 0 Å². The molecule has 4 aliphatic carbocycles. The smallest absolute Gasteiger partial charge is 0.119 e. The molecular formula is C23H38O. The highest BCUT2D eigenvalue weighted by Gasteiger charge is 2.59. The first kappa shape index (κ1) is 17.1. The van der Waals surface area contributed by atoms with Gasteiger partial charge in [0.15, 0.2) is 0 Å². The SMILES string of the molecule is CC12CCCCC1CCC1C2CCC2(C)C(CCCC=O)CCC12. The van der Waals surface area contributed by atoms with Gasteiger partial charge in [0.1, 0.15) is 6.29 Å². The van der Waals surface area contributed by atoms with Crippen LogP contribution in [0.1, 0.15) is 97.3 Å². The average molecular weight is 331 g/mol. The van der Waals surface area contributed by atoms with E-state index in [-0.39, 0.29) is 0 Å². The minimum Gasteiger partial charge on any atom is -0.303 e. The monoisotopic (exact) mass is 330 g/mol. The molecule has 0 aliphatic heterocycles. The number of fused-ring (bicyclic) bond motifs is 5. The Morgan fingerprint density at radius 3 is 2.54 bits per heavy atom. The Morgan fingerprint density at radius 2 is 1.71 bits per heavy atom. The first-order valence-electron chi connectivity index (χ1n) is 11.0. The number of carbonyl (C=O) groups excluding carboxylic acids is 1. The molecule has 7 atom stereocenters. The standard InChI is InChI=1S/C23H38O/c1-22-14-5-3-7-17(22)9-11-19-20-12-10-18(8-4-6-16-24)23(20,2)15-13-21(19)22/h16-21H,3-15H2,1-2H3. The zero-order chi connectivity index (χ0) is 16.8. The number of unbranched alkanes of at least 4 members (excludes halogenated alkanes) is 1. The maximum atomic E-state index is 10.7. The van der Waals surface area contributed by atoms with E-state index in [1.165, 1.54) is 70.6 Å². The third kappa shape index (κ3) is 2.52. The van der Waals surface area contributed by atoms with Gasteiger partial charge in [-0.2, -0.15) is 0 Å². The van der Waals surface area contributed by atoms with Crippen LogP contribution in [0, 0.1) is 40.4 Å². The summed E-state index contributed by atoms with van der Waals surface area (Å²) in [6, 6.07) is 0. The lowest BCUT2D eigenvalue weighted by molar-refractivity contribution is -0.112. The van der Waals surface area contributed by atoms with Crippen molar-refractivity contribution >= 4 is 6.29 Å². The van der Waals surface area contributed by atoms with E-state index in [0.29, 0.717) is 10.8 Å². The second-order valence-corrected chi connectivity index (χ2v) is 10.3. The minimum absolute atomic E-state index is 0.599. The van der Waals surface area contributed by atoms with Crippen molar-refractivity contribution in [3.8, 4) is 0 Å². The topological polar surface area (TPSA) is 17.1 Å². The number of hydrogen-bond acceptors (Lipinski definition) is 1. The van der Waals surface area contributed by atoms with Crippen LogP contribution in [0.5, 0.6) is 0 Å². The minimum atomic E-state index is 0.599.